The van der Waals surface area contributed by atoms with Crippen LogP contribution in [-0.4, -0.2) is 40.7 Å². The first kappa shape index (κ1) is 25.2. The number of rotatable bonds is 7. The lowest BCUT2D eigenvalue weighted by atomic mass is 9.63. The van der Waals surface area contributed by atoms with E-state index < -0.39 is 11.9 Å². The number of carbonyl (C=O) groups excluding carboxylic acids is 2. The van der Waals surface area contributed by atoms with Crippen LogP contribution in [0.15, 0.2) is 46.8 Å². The minimum absolute atomic E-state index is 0.0507. The summed E-state index contributed by atoms with van der Waals surface area (Å²) in [6.45, 7) is 11.3. The average molecular weight is 480 g/mol. The minimum Gasteiger partial charge on any atom is -0.494 e. The van der Waals surface area contributed by atoms with E-state index in [1.807, 2.05) is 29.2 Å². The Morgan fingerprint density at radius 1 is 0.943 bits per heavy atom. The lowest BCUT2D eigenvalue weighted by Gasteiger charge is -2.49. The lowest BCUT2D eigenvalue weighted by Crippen LogP contribution is -2.45. The standard InChI is InChI=1S/C29H37NO5/c1-6-13-35-19-9-7-18(8-10-19)25-26-20(14-28(2,3)16-22(26)31)30(12-11-24(33)34)21-15-29(4,5)17-23(32)27(21)25/h7-10,25H,6,11-17H2,1-5H3,(H,33,34). The van der Waals surface area contributed by atoms with Crippen LogP contribution < -0.4 is 4.74 Å². The maximum Gasteiger partial charge on any atom is 0.305 e. The van der Waals surface area contributed by atoms with Crippen LogP contribution in [0.5, 0.6) is 5.75 Å². The molecule has 0 fully saturated rings. The Kier molecular flexibility index (Phi) is 6.69. The Bertz CT molecular complexity index is 1050. The van der Waals surface area contributed by atoms with Gasteiger partial charge in [0.05, 0.1) is 13.0 Å². The van der Waals surface area contributed by atoms with Crippen molar-refractivity contribution >= 4 is 17.5 Å². The summed E-state index contributed by atoms with van der Waals surface area (Å²) in [6.07, 6.45) is 3.04. The Labute approximate surface area is 208 Å². The highest BCUT2D eigenvalue weighted by Gasteiger charge is 2.48. The predicted octanol–water partition coefficient (Wildman–Crippen LogP) is 5.64. The maximum atomic E-state index is 13.7. The van der Waals surface area contributed by atoms with Gasteiger partial charge in [0, 0.05) is 47.8 Å². The van der Waals surface area contributed by atoms with Crippen molar-refractivity contribution in [3.8, 4) is 5.75 Å². The zero-order valence-corrected chi connectivity index (χ0v) is 21.6. The third-order valence-electron chi connectivity index (χ3n) is 7.26. The molecule has 6 heteroatoms. The van der Waals surface area contributed by atoms with Crippen molar-refractivity contribution in [2.75, 3.05) is 13.2 Å². The zero-order valence-electron chi connectivity index (χ0n) is 21.6. The SMILES string of the molecule is CCCOc1ccc(C2C3=C(CC(C)(C)CC3=O)N(CCC(=O)O)C3=C2C(=O)CC(C)(C)C3)cc1. The first-order chi connectivity index (χ1) is 16.4. The van der Waals surface area contributed by atoms with Crippen molar-refractivity contribution in [1.82, 2.24) is 4.90 Å². The Balaban J connectivity index is 1.90. The number of allylic oxidation sites excluding steroid dienone is 4. The van der Waals surface area contributed by atoms with Crippen molar-refractivity contribution in [3.05, 3.63) is 52.4 Å². The summed E-state index contributed by atoms with van der Waals surface area (Å²) in [5, 5.41) is 9.46. The summed E-state index contributed by atoms with van der Waals surface area (Å²) >= 11 is 0. The quantitative estimate of drug-likeness (QED) is 0.545. The van der Waals surface area contributed by atoms with Crippen molar-refractivity contribution in [2.24, 2.45) is 10.8 Å². The lowest BCUT2D eigenvalue weighted by molar-refractivity contribution is -0.137. The molecule has 3 aliphatic rings. The third-order valence-corrected chi connectivity index (χ3v) is 7.26. The van der Waals surface area contributed by atoms with E-state index in [4.69, 9.17) is 4.74 Å². The summed E-state index contributed by atoms with van der Waals surface area (Å²) in [6, 6.07) is 7.77. The molecular formula is C29H37NO5. The maximum absolute atomic E-state index is 13.7. The number of hydrogen-bond donors (Lipinski definition) is 1. The molecule has 0 unspecified atom stereocenters. The second-order valence-electron chi connectivity index (χ2n) is 11.7. The number of carboxylic acid groups (broad SMARTS) is 1. The molecule has 1 N–H and O–H groups in total. The van der Waals surface area contributed by atoms with Crippen LogP contribution in [0.25, 0.3) is 0 Å². The van der Waals surface area contributed by atoms with Gasteiger partial charge in [-0.05, 0) is 47.8 Å². The summed E-state index contributed by atoms with van der Waals surface area (Å²) in [5.41, 5.74) is 3.58. The number of benzene rings is 1. The second kappa shape index (κ2) is 9.29. The number of hydrogen-bond acceptors (Lipinski definition) is 5. The molecule has 0 aromatic heterocycles. The molecule has 0 amide bonds. The molecular weight excluding hydrogens is 442 g/mol. The normalized spacial score (nSPS) is 21.7. The van der Waals surface area contributed by atoms with Crippen molar-refractivity contribution in [3.63, 3.8) is 0 Å². The molecule has 35 heavy (non-hydrogen) atoms. The minimum atomic E-state index is -0.887. The summed E-state index contributed by atoms with van der Waals surface area (Å²) < 4.78 is 5.76. The van der Waals surface area contributed by atoms with Gasteiger partial charge in [-0.2, -0.15) is 0 Å². The number of ketones is 2. The highest BCUT2D eigenvalue weighted by Crippen LogP contribution is 2.54. The molecule has 0 saturated carbocycles. The highest BCUT2D eigenvalue weighted by molar-refractivity contribution is 6.06. The Morgan fingerprint density at radius 3 is 1.91 bits per heavy atom. The van der Waals surface area contributed by atoms with Crippen LogP contribution in [0.1, 0.15) is 84.6 Å². The van der Waals surface area contributed by atoms with E-state index in [1.54, 1.807) is 0 Å². The van der Waals surface area contributed by atoms with E-state index in [9.17, 15) is 19.5 Å². The first-order valence-corrected chi connectivity index (χ1v) is 12.7. The van der Waals surface area contributed by atoms with Gasteiger partial charge in [0.25, 0.3) is 0 Å². The van der Waals surface area contributed by atoms with Gasteiger partial charge in [-0.15, -0.1) is 0 Å². The number of carbonyl (C=O) groups is 3. The van der Waals surface area contributed by atoms with E-state index >= 15 is 0 Å². The molecule has 0 saturated heterocycles. The molecule has 0 radical (unpaired) electrons. The molecule has 188 valence electrons. The average Bonchev–Trinajstić information content (AvgIpc) is 2.74. The van der Waals surface area contributed by atoms with E-state index in [0.717, 1.165) is 29.1 Å². The van der Waals surface area contributed by atoms with Crippen LogP contribution in [0.3, 0.4) is 0 Å². The van der Waals surface area contributed by atoms with Crippen LogP contribution in [-0.2, 0) is 14.4 Å². The van der Waals surface area contributed by atoms with Crippen LogP contribution in [0.2, 0.25) is 0 Å². The largest absolute Gasteiger partial charge is 0.494 e. The summed E-state index contributed by atoms with van der Waals surface area (Å²) in [4.78, 5) is 40.9. The fourth-order valence-electron chi connectivity index (χ4n) is 5.83. The van der Waals surface area contributed by atoms with E-state index in [2.05, 4.69) is 34.6 Å². The van der Waals surface area contributed by atoms with Gasteiger partial charge >= 0.3 is 5.97 Å². The van der Waals surface area contributed by atoms with Crippen molar-refractivity contribution in [2.45, 2.75) is 79.1 Å². The van der Waals surface area contributed by atoms with E-state index in [1.165, 1.54) is 0 Å². The molecule has 1 aromatic carbocycles. The van der Waals surface area contributed by atoms with Crippen molar-refractivity contribution < 1.29 is 24.2 Å². The van der Waals surface area contributed by atoms with Gasteiger partial charge in [-0.25, -0.2) is 0 Å². The van der Waals surface area contributed by atoms with E-state index in [-0.39, 0.29) is 35.4 Å². The number of aliphatic carboxylic acids is 1. The molecule has 6 nitrogen and oxygen atoms in total. The fraction of sp³-hybridized carbons (Fsp3) is 0.552. The monoisotopic (exact) mass is 479 g/mol. The number of carboxylic acids is 1. The Morgan fingerprint density at radius 2 is 1.46 bits per heavy atom. The summed E-state index contributed by atoms with van der Waals surface area (Å²) in [5.74, 6) is -0.436. The second-order valence-corrected chi connectivity index (χ2v) is 11.7. The van der Waals surface area contributed by atoms with Gasteiger partial charge in [0.1, 0.15) is 5.75 Å². The molecule has 0 spiro atoms. The topological polar surface area (TPSA) is 83.9 Å². The number of Topliss-reactive ketones (excluding diaryl/α,β-unsaturated/α-hetero) is 2. The molecule has 0 atom stereocenters. The molecule has 1 heterocycles. The molecule has 4 rings (SSSR count). The van der Waals surface area contributed by atoms with Gasteiger partial charge in [-0.3, -0.25) is 14.4 Å². The molecule has 1 aliphatic heterocycles. The molecule has 0 bridgehead atoms. The van der Waals surface area contributed by atoms with Crippen LogP contribution in [0, 0.1) is 10.8 Å². The van der Waals surface area contributed by atoms with Gasteiger partial charge < -0.3 is 14.7 Å². The molecule has 1 aromatic rings. The number of nitrogens with zero attached hydrogens (tertiary/aromatic N) is 1. The third kappa shape index (κ3) is 5.07. The van der Waals surface area contributed by atoms with E-state index in [0.29, 0.717) is 43.4 Å². The highest BCUT2D eigenvalue weighted by atomic mass is 16.5. The predicted molar refractivity (Wildman–Crippen MR) is 134 cm³/mol. The smallest absolute Gasteiger partial charge is 0.305 e. The zero-order chi connectivity index (χ0) is 25.5. The van der Waals surface area contributed by atoms with Gasteiger partial charge in [-0.1, -0.05) is 46.8 Å². The van der Waals surface area contributed by atoms with Crippen molar-refractivity contribution in [1.29, 1.82) is 0 Å². The van der Waals surface area contributed by atoms with Gasteiger partial charge in [0.2, 0.25) is 0 Å². The fourth-order valence-corrected chi connectivity index (χ4v) is 5.83. The summed E-state index contributed by atoms with van der Waals surface area (Å²) in [7, 11) is 0. The Hall–Kier alpha value is -2.89. The van der Waals surface area contributed by atoms with Gasteiger partial charge in [0.15, 0.2) is 11.6 Å². The molecule has 2 aliphatic carbocycles. The van der Waals surface area contributed by atoms with Crippen LogP contribution in [0.4, 0.5) is 0 Å². The van der Waals surface area contributed by atoms with Crippen LogP contribution >= 0.6 is 0 Å². The first-order valence-electron chi connectivity index (χ1n) is 12.7. The number of ether oxygens (including phenoxy) is 1.